The molecule has 0 aliphatic carbocycles. The van der Waals surface area contributed by atoms with Gasteiger partial charge < -0.3 is 24.6 Å². The van der Waals surface area contributed by atoms with Crippen molar-refractivity contribution in [2.75, 3.05) is 52.7 Å². The van der Waals surface area contributed by atoms with Gasteiger partial charge in [0.15, 0.2) is 0 Å². The minimum atomic E-state index is -0.624. The first-order valence-electron chi connectivity index (χ1n) is 7.78. The van der Waals surface area contributed by atoms with E-state index in [0.29, 0.717) is 39.6 Å². The molecule has 5 nitrogen and oxygen atoms in total. The van der Waals surface area contributed by atoms with E-state index in [-0.39, 0.29) is 0 Å². The Morgan fingerprint density at radius 3 is 2.00 bits per heavy atom. The van der Waals surface area contributed by atoms with E-state index in [1.54, 1.807) is 0 Å². The van der Waals surface area contributed by atoms with Gasteiger partial charge in [0.2, 0.25) is 0 Å². The Morgan fingerprint density at radius 1 is 0.900 bits per heavy atom. The molecule has 0 amide bonds. The van der Waals surface area contributed by atoms with Crippen LogP contribution in [-0.2, 0) is 14.2 Å². The summed E-state index contributed by atoms with van der Waals surface area (Å²) >= 11 is 0. The Bertz CT molecular complexity index is 200. The predicted octanol–water partition coefficient (Wildman–Crippen LogP) is 1.59. The van der Waals surface area contributed by atoms with Crippen molar-refractivity contribution in [3.05, 3.63) is 0 Å². The highest BCUT2D eigenvalue weighted by molar-refractivity contribution is 4.72. The van der Waals surface area contributed by atoms with Gasteiger partial charge in [-0.15, -0.1) is 0 Å². The Hall–Kier alpha value is -0.200. The molecule has 0 aliphatic rings. The molecule has 0 radical (unpaired) electrons. The van der Waals surface area contributed by atoms with Gasteiger partial charge in [-0.1, -0.05) is 20.3 Å². The number of unbranched alkanes of at least 4 members (excludes halogenated alkanes) is 1. The van der Waals surface area contributed by atoms with Gasteiger partial charge in [-0.2, -0.15) is 0 Å². The normalized spacial score (nSPS) is 14.4. The fraction of sp³-hybridized carbons (Fsp3) is 1.00. The van der Waals surface area contributed by atoms with Crippen LogP contribution in [0.2, 0.25) is 0 Å². The summed E-state index contributed by atoms with van der Waals surface area (Å²) in [6, 6.07) is 0. The van der Waals surface area contributed by atoms with Gasteiger partial charge in [0.25, 0.3) is 0 Å². The second-order valence-electron chi connectivity index (χ2n) is 5.22. The number of aliphatic hydroxyl groups is 1. The van der Waals surface area contributed by atoms with E-state index in [9.17, 15) is 5.11 Å². The second-order valence-corrected chi connectivity index (χ2v) is 5.22. The Morgan fingerprint density at radius 2 is 1.45 bits per heavy atom. The van der Waals surface area contributed by atoms with Gasteiger partial charge in [0.1, 0.15) is 0 Å². The highest BCUT2D eigenvalue weighted by atomic mass is 16.5. The third-order valence-electron chi connectivity index (χ3n) is 3.08. The molecule has 0 saturated carbocycles. The Balaban J connectivity index is 3.06. The van der Waals surface area contributed by atoms with Crippen molar-refractivity contribution in [2.45, 2.75) is 45.6 Å². The topological polar surface area (TPSA) is 60.0 Å². The summed E-state index contributed by atoms with van der Waals surface area (Å²) in [4.78, 5) is 0. The number of ether oxygens (including phenoxy) is 3. The first kappa shape index (κ1) is 19.8. The SMILES string of the molecule is CCCCOCCOCCOCCNCC(C)(O)CC. The molecule has 20 heavy (non-hydrogen) atoms. The summed E-state index contributed by atoms with van der Waals surface area (Å²) in [6.07, 6.45) is 3.02. The van der Waals surface area contributed by atoms with Crippen molar-refractivity contribution >= 4 is 0 Å². The zero-order valence-corrected chi connectivity index (χ0v) is 13.5. The molecule has 0 aliphatic heterocycles. The first-order valence-corrected chi connectivity index (χ1v) is 7.78. The summed E-state index contributed by atoms with van der Waals surface area (Å²) in [5.41, 5.74) is -0.624. The van der Waals surface area contributed by atoms with Gasteiger partial charge in [-0.3, -0.25) is 0 Å². The van der Waals surface area contributed by atoms with Gasteiger partial charge in [0, 0.05) is 19.7 Å². The fourth-order valence-corrected chi connectivity index (χ4v) is 1.42. The molecular formula is C15H33NO4. The zero-order valence-electron chi connectivity index (χ0n) is 13.5. The molecule has 0 rings (SSSR count). The fourth-order valence-electron chi connectivity index (χ4n) is 1.42. The lowest BCUT2D eigenvalue weighted by Gasteiger charge is -2.21. The van der Waals surface area contributed by atoms with E-state index in [2.05, 4.69) is 12.2 Å². The van der Waals surface area contributed by atoms with Gasteiger partial charge in [0.05, 0.1) is 38.6 Å². The van der Waals surface area contributed by atoms with Crippen LogP contribution >= 0.6 is 0 Å². The van der Waals surface area contributed by atoms with Crippen LogP contribution in [0.3, 0.4) is 0 Å². The molecule has 122 valence electrons. The molecule has 0 fully saturated rings. The van der Waals surface area contributed by atoms with Gasteiger partial charge in [-0.05, 0) is 19.8 Å². The van der Waals surface area contributed by atoms with E-state index >= 15 is 0 Å². The maximum Gasteiger partial charge on any atom is 0.0741 e. The van der Waals surface area contributed by atoms with Crippen molar-refractivity contribution in [3.63, 3.8) is 0 Å². The lowest BCUT2D eigenvalue weighted by Crippen LogP contribution is -2.38. The summed E-state index contributed by atoms with van der Waals surface area (Å²) in [6.45, 7) is 11.2. The summed E-state index contributed by atoms with van der Waals surface area (Å²) < 4.78 is 16.2. The maximum atomic E-state index is 9.77. The van der Waals surface area contributed by atoms with Crippen molar-refractivity contribution < 1.29 is 19.3 Å². The molecule has 0 bridgehead atoms. The Labute approximate surface area is 124 Å². The number of nitrogens with one attached hydrogen (secondary N) is 1. The highest BCUT2D eigenvalue weighted by Crippen LogP contribution is 2.05. The molecule has 1 unspecified atom stereocenters. The van der Waals surface area contributed by atoms with Crippen LogP contribution in [0.4, 0.5) is 0 Å². The van der Waals surface area contributed by atoms with Crippen molar-refractivity contribution in [1.29, 1.82) is 0 Å². The molecule has 0 aromatic heterocycles. The smallest absolute Gasteiger partial charge is 0.0741 e. The largest absolute Gasteiger partial charge is 0.389 e. The first-order chi connectivity index (χ1) is 9.62. The standard InChI is InChI=1S/C15H33NO4/c1-4-6-8-18-10-12-20-13-11-19-9-7-16-14-15(3,17)5-2/h16-17H,4-14H2,1-3H3. The third kappa shape index (κ3) is 14.2. The zero-order chi connectivity index (χ0) is 15.1. The van der Waals surface area contributed by atoms with Crippen LogP contribution < -0.4 is 5.32 Å². The third-order valence-corrected chi connectivity index (χ3v) is 3.08. The summed E-state index contributed by atoms with van der Waals surface area (Å²) in [5, 5.41) is 12.9. The lowest BCUT2D eigenvalue weighted by molar-refractivity contribution is 0.0130. The molecule has 1 atom stereocenters. The monoisotopic (exact) mass is 291 g/mol. The number of hydrogen-bond acceptors (Lipinski definition) is 5. The van der Waals surface area contributed by atoms with Gasteiger partial charge in [-0.25, -0.2) is 0 Å². The van der Waals surface area contributed by atoms with E-state index in [1.807, 2.05) is 13.8 Å². The maximum absolute atomic E-state index is 9.77. The molecule has 0 heterocycles. The summed E-state index contributed by atoms with van der Waals surface area (Å²) in [5.74, 6) is 0. The quantitative estimate of drug-likeness (QED) is 0.449. The second kappa shape index (κ2) is 13.8. The van der Waals surface area contributed by atoms with Crippen LogP contribution in [0.25, 0.3) is 0 Å². The van der Waals surface area contributed by atoms with E-state index in [1.165, 1.54) is 0 Å². The molecule has 2 N–H and O–H groups in total. The number of hydrogen-bond donors (Lipinski definition) is 2. The minimum Gasteiger partial charge on any atom is -0.389 e. The van der Waals surface area contributed by atoms with Crippen LogP contribution in [0.15, 0.2) is 0 Å². The average molecular weight is 291 g/mol. The average Bonchev–Trinajstić information content (AvgIpc) is 2.44. The molecule has 0 aromatic rings. The van der Waals surface area contributed by atoms with Crippen LogP contribution in [-0.4, -0.2) is 63.4 Å². The van der Waals surface area contributed by atoms with Crippen molar-refractivity contribution in [3.8, 4) is 0 Å². The predicted molar refractivity (Wildman–Crippen MR) is 81.1 cm³/mol. The van der Waals surface area contributed by atoms with Crippen LogP contribution in [0.5, 0.6) is 0 Å². The molecule has 0 spiro atoms. The van der Waals surface area contributed by atoms with E-state index in [0.717, 1.165) is 32.4 Å². The number of rotatable bonds is 15. The molecule has 0 saturated heterocycles. The van der Waals surface area contributed by atoms with Crippen molar-refractivity contribution in [1.82, 2.24) is 5.32 Å². The van der Waals surface area contributed by atoms with E-state index in [4.69, 9.17) is 14.2 Å². The molecule has 5 heteroatoms. The Kier molecular flexibility index (Phi) is 13.6. The van der Waals surface area contributed by atoms with Gasteiger partial charge >= 0.3 is 0 Å². The van der Waals surface area contributed by atoms with E-state index < -0.39 is 5.60 Å². The highest BCUT2D eigenvalue weighted by Gasteiger charge is 2.15. The minimum absolute atomic E-state index is 0.596. The molecule has 0 aromatic carbocycles. The van der Waals surface area contributed by atoms with Crippen molar-refractivity contribution in [2.24, 2.45) is 0 Å². The molecular weight excluding hydrogens is 258 g/mol. The van der Waals surface area contributed by atoms with Crippen LogP contribution in [0.1, 0.15) is 40.0 Å². The lowest BCUT2D eigenvalue weighted by atomic mass is 10.0. The summed E-state index contributed by atoms with van der Waals surface area (Å²) in [7, 11) is 0. The van der Waals surface area contributed by atoms with Crippen LogP contribution in [0, 0.1) is 0 Å².